The fraction of sp³-hybridized carbons (Fsp3) is 0.176. The molecule has 2 aromatic carbocycles. The molecule has 7 nitrogen and oxygen atoms in total. The molecule has 25 heavy (non-hydrogen) atoms. The van der Waals surface area contributed by atoms with Gasteiger partial charge in [0.05, 0.1) is 5.69 Å². The second kappa shape index (κ2) is 8.29. The second-order valence-corrected chi connectivity index (χ2v) is 6.47. The highest BCUT2D eigenvalue weighted by Gasteiger charge is 2.07. The van der Waals surface area contributed by atoms with E-state index in [-0.39, 0.29) is 6.03 Å². The Hall–Kier alpha value is -2.87. The number of aromatic nitrogens is 4. The monoisotopic (exact) mass is 354 g/mol. The number of hydrogen-bond donors (Lipinski definition) is 2. The van der Waals surface area contributed by atoms with E-state index in [0.717, 1.165) is 17.0 Å². The highest BCUT2D eigenvalue weighted by Crippen LogP contribution is 2.18. The molecule has 3 rings (SSSR count). The molecule has 0 bridgehead atoms. The van der Waals surface area contributed by atoms with Gasteiger partial charge in [-0.25, -0.2) is 9.48 Å². The second-order valence-electron chi connectivity index (χ2n) is 5.30. The Bertz CT molecular complexity index is 822. The van der Waals surface area contributed by atoms with Gasteiger partial charge in [-0.3, -0.25) is 0 Å². The molecule has 1 aromatic heterocycles. The van der Waals surface area contributed by atoms with Crippen LogP contribution >= 0.6 is 11.8 Å². The largest absolute Gasteiger partial charge is 0.337 e. The minimum absolute atomic E-state index is 0.236. The quantitative estimate of drug-likeness (QED) is 0.525. The summed E-state index contributed by atoms with van der Waals surface area (Å²) in [6.07, 6.45) is 1.52. The topological polar surface area (TPSA) is 84.7 Å². The van der Waals surface area contributed by atoms with Gasteiger partial charge in [-0.15, -0.1) is 16.9 Å². The molecule has 3 aromatic rings. The molecule has 0 atom stereocenters. The van der Waals surface area contributed by atoms with Crippen molar-refractivity contribution >= 4 is 23.5 Å². The number of amides is 2. The van der Waals surface area contributed by atoms with Crippen molar-refractivity contribution in [3.8, 4) is 5.69 Å². The maximum absolute atomic E-state index is 12.0. The van der Waals surface area contributed by atoms with Crippen molar-refractivity contribution in [3.63, 3.8) is 0 Å². The lowest BCUT2D eigenvalue weighted by atomic mass is 10.2. The summed E-state index contributed by atoms with van der Waals surface area (Å²) >= 11 is 1.70. The average Bonchev–Trinajstić information content (AvgIpc) is 3.16. The van der Waals surface area contributed by atoms with E-state index in [0.29, 0.717) is 12.2 Å². The third-order valence-corrected chi connectivity index (χ3v) is 4.48. The zero-order valence-electron chi connectivity index (χ0n) is 13.7. The molecular weight excluding hydrogens is 336 g/mol. The summed E-state index contributed by atoms with van der Waals surface area (Å²) in [6.45, 7) is 2.54. The predicted molar refractivity (Wildman–Crippen MR) is 98.1 cm³/mol. The van der Waals surface area contributed by atoms with Gasteiger partial charge >= 0.3 is 6.03 Å². The van der Waals surface area contributed by atoms with Crippen molar-refractivity contribution in [3.05, 3.63) is 60.4 Å². The molecule has 0 aliphatic carbocycles. The Morgan fingerprint density at radius 1 is 1.20 bits per heavy atom. The maximum atomic E-state index is 12.0. The molecule has 0 saturated heterocycles. The van der Waals surface area contributed by atoms with Crippen LogP contribution in [0.3, 0.4) is 0 Å². The van der Waals surface area contributed by atoms with E-state index in [1.165, 1.54) is 11.2 Å². The fourth-order valence-corrected chi connectivity index (χ4v) is 3.02. The minimum atomic E-state index is -0.236. The number of anilines is 1. The van der Waals surface area contributed by atoms with Gasteiger partial charge < -0.3 is 10.6 Å². The van der Waals surface area contributed by atoms with Crippen molar-refractivity contribution in [1.29, 1.82) is 0 Å². The first-order valence-electron chi connectivity index (χ1n) is 7.79. The number of benzene rings is 2. The summed E-state index contributed by atoms with van der Waals surface area (Å²) in [5, 5.41) is 16.8. The van der Waals surface area contributed by atoms with E-state index >= 15 is 0 Å². The lowest BCUT2D eigenvalue weighted by Crippen LogP contribution is -2.30. The van der Waals surface area contributed by atoms with Gasteiger partial charge in [0.25, 0.3) is 0 Å². The van der Waals surface area contributed by atoms with E-state index in [4.69, 9.17) is 0 Å². The number of nitrogens with one attached hydrogen (secondary N) is 2. The summed E-state index contributed by atoms with van der Waals surface area (Å²) in [5.41, 5.74) is 2.52. The van der Waals surface area contributed by atoms with Crippen LogP contribution in [-0.2, 0) is 0 Å². The van der Waals surface area contributed by atoms with E-state index in [9.17, 15) is 4.79 Å². The third kappa shape index (κ3) is 4.80. The first kappa shape index (κ1) is 17.0. The number of urea groups is 1. The number of carbonyl (C=O) groups is 1. The van der Waals surface area contributed by atoms with Crippen LogP contribution in [0.25, 0.3) is 5.69 Å². The smallest absolute Gasteiger partial charge is 0.319 e. The molecule has 1 heterocycles. The molecule has 2 N–H and O–H groups in total. The molecule has 0 saturated carbocycles. The molecule has 8 heteroatoms. The van der Waals surface area contributed by atoms with Crippen molar-refractivity contribution in [2.24, 2.45) is 0 Å². The van der Waals surface area contributed by atoms with Gasteiger partial charge in [0.1, 0.15) is 6.33 Å². The van der Waals surface area contributed by atoms with Crippen molar-refractivity contribution < 1.29 is 4.79 Å². The Morgan fingerprint density at radius 3 is 2.80 bits per heavy atom. The van der Waals surface area contributed by atoms with Crippen LogP contribution in [0.2, 0.25) is 0 Å². The van der Waals surface area contributed by atoms with Crippen LogP contribution in [0.1, 0.15) is 5.56 Å². The first-order valence-corrected chi connectivity index (χ1v) is 8.77. The Labute approximate surface area is 149 Å². The number of rotatable bonds is 6. The number of nitrogens with zero attached hydrogens (tertiary/aromatic N) is 4. The number of thioether (sulfide) groups is 1. The van der Waals surface area contributed by atoms with Crippen LogP contribution in [0.4, 0.5) is 10.5 Å². The minimum Gasteiger partial charge on any atom is -0.337 e. The van der Waals surface area contributed by atoms with Crippen LogP contribution < -0.4 is 10.6 Å². The predicted octanol–water partition coefficient (Wildman–Crippen LogP) is 2.88. The van der Waals surface area contributed by atoms with Gasteiger partial charge in [0.15, 0.2) is 0 Å². The Morgan fingerprint density at radius 2 is 2.04 bits per heavy atom. The Balaban J connectivity index is 1.50. The molecule has 0 radical (unpaired) electrons. The van der Waals surface area contributed by atoms with E-state index in [1.807, 2.05) is 43.3 Å². The number of carbonyl (C=O) groups excluding carboxylic acids is 1. The number of tetrazole rings is 1. The third-order valence-electron chi connectivity index (χ3n) is 3.46. The molecule has 128 valence electrons. The maximum Gasteiger partial charge on any atom is 0.319 e. The first-order chi connectivity index (χ1) is 12.2. The van der Waals surface area contributed by atoms with Gasteiger partial charge in [-0.05, 0) is 47.2 Å². The zero-order valence-corrected chi connectivity index (χ0v) is 14.5. The highest BCUT2D eigenvalue weighted by atomic mass is 32.2. The lowest BCUT2D eigenvalue weighted by molar-refractivity contribution is 0.252. The van der Waals surface area contributed by atoms with Gasteiger partial charge in [-0.1, -0.05) is 24.3 Å². The van der Waals surface area contributed by atoms with Gasteiger partial charge in [0.2, 0.25) is 0 Å². The van der Waals surface area contributed by atoms with Gasteiger partial charge in [0, 0.05) is 22.9 Å². The van der Waals surface area contributed by atoms with Crippen molar-refractivity contribution in [1.82, 2.24) is 25.5 Å². The highest BCUT2D eigenvalue weighted by molar-refractivity contribution is 7.99. The van der Waals surface area contributed by atoms with E-state index in [2.05, 4.69) is 38.3 Å². The van der Waals surface area contributed by atoms with E-state index < -0.39 is 0 Å². The molecule has 0 spiro atoms. The zero-order chi connectivity index (χ0) is 17.5. The number of hydrogen-bond acceptors (Lipinski definition) is 5. The molecule has 0 aliphatic rings. The Kier molecular flexibility index (Phi) is 5.63. The number of aryl methyl sites for hydroxylation is 1. The summed E-state index contributed by atoms with van der Waals surface area (Å²) in [6, 6.07) is 15.5. The standard InChI is InChI=1S/C17H18N6OS/c1-13-7-8-14(11-16(13)23-12-19-21-22-23)20-17(24)18-9-10-25-15-5-3-2-4-6-15/h2-8,11-12H,9-10H2,1H3,(H2,18,20,24). The van der Waals surface area contributed by atoms with E-state index in [1.54, 1.807) is 16.4 Å². The molecule has 2 amide bonds. The normalized spacial score (nSPS) is 10.4. The summed E-state index contributed by atoms with van der Waals surface area (Å²) in [4.78, 5) is 13.2. The molecule has 0 fully saturated rings. The lowest BCUT2D eigenvalue weighted by Gasteiger charge is -2.10. The summed E-state index contributed by atoms with van der Waals surface area (Å²) in [5.74, 6) is 0.807. The van der Waals surface area contributed by atoms with Crippen LogP contribution in [-0.4, -0.2) is 38.5 Å². The average molecular weight is 354 g/mol. The van der Waals surface area contributed by atoms with Crippen LogP contribution in [0.15, 0.2) is 59.8 Å². The molecule has 0 aliphatic heterocycles. The van der Waals surface area contributed by atoms with Crippen molar-refractivity contribution in [2.75, 3.05) is 17.6 Å². The molecule has 0 unspecified atom stereocenters. The molecular formula is C17H18N6OS. The summed E-state index contributed by atoms with van der Waals surface area (Å²) in [7, 11) is 0. The summed E-state index contributed by atoms with van der Waals surface area (Å²) < 4.78 is 1.56. The van der Waals surface area contributed by atoms with Gasteiger partial charge in [-0.2, -0.15) is 0 Å². The SMILES string of the molecule is Cc1ccc(NC(=O)NCCSc2ccccc2)cc1-n1cnnn1. The fourth-order valence-electron chi connectivity index (χ4n) is 2.23. The van der Waals surface area contributed by atoms with Crippen LogP contribution in [0.5, 0.6) is 0 Å². The van der Waals surface area contributed by atoms with Crippen molar-refractivity contribution in [2.45, 2.75) is 11.8 Å². The van der Waals surface area contributed by atoms with Crippen LogP contribution in [0, 0.1) is 6.92 Å².